The van der Waals surface area contributed by atoms with Crippen molar-refractivity contribution in [1.82, 2.24) is 10.2 Å². The molecule has 1 heterocycles. The van der Waals surface area contributed by atoms with Gasteiger partial charge in [0.05, 0.1) is 5.92 Å². The van der Waals surface area contributed by atoms with Gasteiger partial charge >= 0.3 is 5.97 Å². The van der Waals surface area contributed by atoms with Gasteiger partial charge < -0.3 is 15.3 Å². The number of hydrogen-bond acceptors (Lipinski definition) is 3. The van der Waals surface area contributed by atoms with E-state index in [0.29, 0.717) is 12.5 Å². The first kappa shape index (κ1) is 14.0. The van der Waals surface area contributed by atoms with Gasteiger partial charge in [0.25, 0.3) is 0 Å². The van der Waals surface area contributed by atoms with Gasteiger partial charge in [0.2, 0.25) is 5.91 Å². The van der Waals surface area contributed by atoms with Crippen molar-refractivity contribution in [2.75, 3.05) is 26.7 Å². The first-order chi connectivity index (χ1) is 7.99. The first-order valence-electron chi connectivity index (χ1n) is 6.17. The van der Waals surface area contributed by atoms with Crippen LogP contribution in [0.15, 0.2) is 0 Å². The number of nitrogens with one attached hydrogen (secondary N) is 1. The van der Waals surface area contributed by atoms with Crippen LogP contribution in [0.25, 0.3) is 0 Å². The van der Waals surface area contributed by atoms with Crippen molar-refractivity contribution in [1.29, 1.82) is 0 Å². The van der Waals surface area contributed by atoms with Crippen LogP contribution in [0.5, 0.6) is 0 Å². The molecule has 2 unspecified atom stereocenters. The minimum Gasteiger partial charge on any atom is -0.481 e. The van der Waals surface area contributed by atoms with Crippen molar-refractivity contribution in [3.63, 3.8) is 0 Å². The van der Waals surface area contributed by atoms with Gasteiger partial charge in [-0.2, -0.15) is 0 Å². The van der Waals surface area contributed by atoms with Gasteiger partial charge in [0.15, 0.2) is 0 Å². The molecule has 0 aromatic heterocycles. The number of likely N-dealkylation sites (tertiary alicyclic amines) is 1. The Hall–Kier alpha value is -1.10. The van der Waals surface area contributed by atoms with Crippen LogP contribution in [-0.4, -0.2) is 48.6 Å². The summed E-state index contributed by atoms with van der Waals surface area (Å²) in [6, 6.07) is 0. The number of amides is 1. The number of carbonyl (C=O) groups is 2. The summed E-state index contributed by atoms with van der Waals surface area (Å²) in [5.41, 5.74) is 0. The first-order valence-corrected chi connectivity index (χ1v) is 6.17. The summed E-state index contributed by atoms with van der Waals surface area (Å²) in [4.78, 5) is 24.3. The smallest absolute Gasteiger partial charge is 0.306 e. The zero-order valence-electron chi connectivity index (χ0n) is 10.6. The number of carboxylic acid groups (broad SMARTS) is 1. The molecule has 5 nitrogen and oxygen atoms in total. The third-order valence-corrected chi connectivity index (χ3v) is 3.28. The molecule has 0 saturated carbocycles. The van der Waals surface area contributed by atoms with Gasteiger partial charge in [0, 0.05) is 19.5 Å². The van der Waals surface area contributed by atoms with Gasteiger partial charge in [-0.25, -0.2) is 0 Å². The number of nitrogens with zero attached hydrogens (tertiary/aromatic N) is 1. The van der Waals surface area contributed by atoms with E-state index >= 15 is 0 Å². The van der Waals surface area contributed by atoms with E-state index in [2.05, 4.69) is 17.3 Å². The van der Waals surface area contributed by atoms with Gasteiger partial charge in [-0.05, 0) is 32.4 Å². The molecule has 0 aromatic rings. The molecule has 2 N–H and O–H groups in total. The van der Waals surface area contributed by atoms with E-state index in [0.717, 1.165) is 19.5 Å². The Morgan fingerprint density at radius 1 is 1.53 bits per heavy atom. The molecule has 1 aliphatic heterocycles. The van der Waals surface area contributed by atoms with Crippen molar-refractivity contribution in [2.45, 2.75) is 26.2 Å². The molecule has 0 radical (unpaired) electrons. The van der Waals surface area contributed by atoms with Crippen LogP contribution in [0, 0.1) is 11.8 Å². The predicted molar refractivity (Wildman–Crippen MR) is 64.6 cm³/mol. The van der Waals surface area contributed by atoms with Crippen LogP contribution in [0.3, 0.4) is 0 Å². The van der Waals surface area contributed by atoms with Crippen molar-refractivity contribution < 1.29 is 14.7 Å². The third kappa shape index (κ3) is 5.17. The quantitative estimate of drug-likeness (QED) is 0.714. The van der Waals surface area contributed by atoms with Gasteiger partial charge in [-0.3, -0.25) is 9.59 Å². The summed E-state index contributed by atoms with van der Waals surface area (Å²) in [5, 5.41) is 11.5. The van der Waals surface area contributed by atoms with Crippen LogP contribution < -0.4 is 5.32 Å². The summed E-state index contributed by atoms with van der Waals surface area (Å²) in [7, 11) is 2.10. The maximum atomic E-state index is 11.4. The zero-order valence-corrected chi connectivity index (χ0v) is 10.6. The molecule has 0 aromatic carbocycles. The largest absolute Gasteiger partial charge is 0.481 e. The van der Waals surface area contributed by atoms with E-state index in [9.17, 15) is 9.59 Å². The molecule has 1 saturated heterocycles. The molecule has 5 heteroatoms. The minimum absolute atomic E-state index is 0.0693. The SMILES string of the molecule is CC(CC(=O)NCCC1CCN(C)C1)C(=O)O. The molecule has 0 spiro atoms. The topological polar surface area (TPSA) is 69.6 Å². The monoisotopic (exact) mass is 242 g/mol. The number of rotatable bonds is 6. The number of carbonyl (C=O) groups excluding carboxylic acids is 1. The second kappa shape index (κ2) is 6.59. The maximum Gasteiger partial charge on any atom is 0.306 e. The highest BCUT2D eigenvalue weighted by Gasteiger charge is 2.19. The molecular formula is C12H22N2O3. The van der Waals surface area contributed by atoms with E-state index in [1.807, 2.05) is 0 Å². The fraction of sp³-hybridized carbons (Fsp3) is 0.833. The predicted octanol–water partition coefficient (Wildman–Crippen LogP) is 0.555. The normalized spacial score (nSPS) is 22.4. The molecule has 1 aliphatic rings. The van der Waals surface area contributed by atoms with E-state index in [1.165, 1.54) is 6.42 Å². The fourth-order valence-corrected chi connectivity index (χ4v) is 2.12. The fourth-order valence-electron chi connectivity index (χ4n) is 2.12. The Bertz CT molecular complexity index is 281. The number of aliphatic carboxylic acids is 1. The van der Waals surface area contributed by atoms with Crippen molar-refractivity contribution in [3.05, 3.63) is 0 Å². The van der Waals surface area contributed by atoms with Crippen LogP contribution in [0.4, 0.5) is 0 Å². The maximum absolute atomic E-state index is 11.4. The highest BCUT2D eigenvalue weighted by atomic mass is 16.4. The minimum atomic E-state index is -0.919. The lowest BCUT2D eigenvalue weighted by Crippen LogP contribution is -2.29. The summed E-state index contributed by atoms with van der Waals surface area (Å²) in [6.45, 7) is 4.44. The van der Waals surface area contributed by atoms with Gasteiger partial charge in [-0.1, -0.05) is 6.92 Å². The molecule has 0 aliphatic carbocycles. The average Bonchev–Trinajstić information content (AvgIpc) is 2.64. The van der Waals surface area contributed by atoms with E-state index in [-0.39, 0.29) is 12.3 Å². The zero-order chi connectivity index (χ0) is 12.8. The third-order valence-electron chi connectivity index (χ3n) is 3.28. The second-order valence-corrected chi connectivity index (χ2v) is 5.00. The van der Waals surface area contributed by atoms with E-state index in [4.69, 9.17) is 5.11 Å². The van der Waals surface area contributed by atoms with Crippen molar-refractivity contribution in [2.24, 2.45) is 11.8 Å². The molecule has 1 amide bonds. The lowest BCUT2D eigenvalue weighted by Gasteiger charge is -2.11. The summed E-state index contributed by atoms with van der Waals surface area (Å²) in [6.07, 6.45) is 2.25. The molecule has 2 atom stereocenters. The Morgan fingerprint density at radius 3 is 2.76 bits per heavy atom. The molecule has 17 heavy (non-hydrogen) atoms. The standard InChI is InChI=1S/C12H22N2O3/c1-9(12(16)17)7-11(15)13-5-3-10-4-6-14(2)8-10/h9-10H,3-8H2,1-2H3,(H,13,15)(H,16,17). The Balaban J connectivity index is 2.10. The lowest BCUT2D eigenvalue weighted by atomic mass is 10.0. The summed E-state index contributed by atoms with van der Waals surface area (Å²) >= 11 is 0. The lowest BCUT2D eigenvalue weighted by molar-refractivity contribution is -0.143. The summed E-state index contributed by atoms with van der Waals surface area (Å²) < 4.78 is 0. The molecule has 1 rings (SSSR count). The highest BCUT2D eigenvalue weighted by molar-refractivity contribution is 5.81. The molecule has 98 valence electrons. The van der Waals surface area contributed by atoms with Crippen molar-refractivity contribution in [3.8, 4) is 0 Å². The average molecular weight is 242 g/mol. The Morgan fingerprint density at radius 2 is 2.24 bits per heavy atom. The van der Waals surface area contributed by atoms with E-state index in [1.54, 1.807) is 6.92 Å². The second-order valence-electron chi connectivity index (χ2n) is 5.00. The number of carboxylic acids is 1. The van der Waals surface area contributed by atoms with E-state index < -0.39 is 11.9 Å². The Labute approximate surface area is 102 Å². The summed E-state index contributed by atoms with van der Waals surface area (Å²) in [5.74, 6) is -1.02. The molecule has 1 fully saturated rings. The van der Waals surface area contributed by atoms with Gasteiger partial charge in [-0.15, -0.1) is 0 Å². The van der Waals surface area contributed by atoms with Crippen LogP contribution >= 0.6 is 0 Å². The highest BCUT2D eigenvalue weighted by Crippen LogP contribution is 2.16. The number of hydrogen-bond donors (Lipinski definition) is 2. The van der Waals surface area contributed by atoms with Crippen LogP contribution in [0.1, 0.15) is 26.2 Å². The molecular weight excluding hydrogens is 220 g/mol. The van der Waals surface area contributed by atoms with Crippen LogP contribution in [-0.2, 0) is 9.59 Å². The molecule has 0 bridgehead atoms. The van der Waals surface area contributed by atoms with Crippen LogP contribution in [0.2, 0.25) is 0 Å². The van der Waals surface area contributed by atoms with Crippen molar-refractivity contribution >= 4 is 11.9 Å². The Kier molecular flexibility index (Phi) is 5.41. The van der Waals surface area contributed by atoms with Gasteiger partial charge in [0.1, 0.15) is 0 Å².